The second-order valence-electron chi connectivity index (χ2n) is 6.04. The number of nitrogens with one attached hydrogen (secondary N) is 1. The van der Waals surface area contributed by atoms with Crippen LogP contribution in [0.2, 0.25) is 10.0 Å². The summed E-state index contributed by atoms with van der Waals surface area (Å²) in [5.74, 6) is 0.218. The monoisotopic (exact) mass is 444 g/mol. The SMILES string of the molecule is CCN(CCS(=O)(=O)c1cc(Cl)ccc1Cl)CC(=O)Nc1cccc(OC)c1. The molecule has 0 saturated heterocycles. The lowest BCUT2D eigenvalue weighted by atomic mass is 10.3. The molecule has 0 unspecified atom stereocenters. The Balaban J connectivity index is 1.98. The predicted molar refractivity (Wildman–Crippen MR) is 112 cm³/mol. The molecular weight excluding hydrogens is 423 g/mol. The third-order valence-corrected chi connectivity index (χ3v) is 6.48. The summed E-state index contributed by atoms with van der Waals surface area (Å²) in [4.78, 5) is 14.0. The number of halogens is 2. The van der Waals surface area contributed by atoms with Crippen LogP contribution in [0.4, 0.5) is 5.69 Å². The van der Waals surface area contributed by atoms with E-state index >= 15 is 0 Å². The number of hydrogen-bond acceptors (Lipinski definition) is 5. The topological polar surface area (TPSA) is 75.7 Å². The van der Waals surface area contributed by atoms with Gasteiger partial charge in [-0.05, 0) is 36.9 Å². The number of methoxy groups -OCH3 is 1. The van der Waals surface area contributed by atoms with Gasteiger partial charge in [0.25, 0.3) is 0 Å². The van der Waals surface area contributed by atoms with Crippen molar-refractivity contribution < 1.29 is 17.9 Å². The molecule has 1 amide bonds. The maximum absolute atomic E-state index is 12.6. The fourth-order valence-corrected chi connectivity index (χ4v) is 4.63. The summed E-state index contributed by atoms with van der Waals surface area (Å²) in [5.41, 5.74) is 0.610. The number of carbonyl (C=O) groups excluding carboxylic acids is 1. The van der Waals surface area contributed by atoms with Crippen LogP contribution >= 0.6 is 23.2 Å². The average molecular weight is 445 g/mol. The maximum atomic E-state index is 12.6. The highest BCUT2D eigenvalue weighted by atomic mass is 35.5. The van der Waals surface area contributed by atoms with Gasteiger partial charge in [0.2, 0.25) is 5.91 Å². The quantitative estimate of drug-likeness (QED) is 0.637. The van der Waals surface area contributed by atoms with E-state index in [0.29, 0.717) is 23.0 Å². The molecule has 152 valence electrons. The van der Waals surface area contributed by atoms with Gasteiger partial charge in [-0.2, -0.15) is 0 Å². The number of likely N-dealkylation sites (N-methyl/N-ethyl adjacent to an activating group) is 1. The van der Waals surface area contributed by atoms with Crippen LogP contribution in [0.3, 0.4) is 0 Å². The second-order valence-corrected chi connectivity index (χ2v) is 8.96. The highest BCUT2D eigenvalue weighted by molar-refractivity contribution is 7.91. The lowest BCUT2D eigenvalue weighted by Crippen LogP contribution is -2.36. The normalized spacial score (nSPS) is 11.5. The zero-order valence-electron chi connectivity index (χ0n) is 15.6. The van der Waals surface area contributed by atoms with Gasteiger partial charge in [-0.15, -0.1) is 0 Å². The lowest BCUT2D eigenvalue weighted by Gasteiger charge is -2.20. The molecule has 9 heteroatoms. The Morgan fingerprint density at radius 3 is 2.61 bits per heavy atom. The number of benzene rings is 2. The van der Waals surface area contributed by atoms with Crippen molar-refractivity contribution in [2.24, 2.45) is 0 Å². The molecule has 0 spiro atoms. The van der Waals surface area contributed by atoms with Gasteiger partial charge in [0, 0.05) is 23.3 Å². The number of sulfone groups is 1. The summed E-state index contributed by atoms with van der Waals surface area (Å²) in [6.45, 7) is 2.63. The number of nitrogens with zero attached hydrogens (tertiary/aromatic N) is 1. The fraction of sp³-hybridized carbons (Fsp3) is 0.316. The Labute approximate surface area is 175 Å². The van der Waals surface area contributed by atoms with Crippen LogP contribution in [0, 0.1) is 0 Å². The van der Waals surface area contributed by atoms with Crippen LogP contribution in [-0.2, 0) is 14.6 Å². The van der Waals surface area contributed by atoms with E-state index in [1.807, 2.05) is 6.92 Å². The second kappa shape index (κ2) is 10.1. The highest BCUT2D eigenvalue weighted by Crippen LogP contribution is 2.26. The summed E-state index contributed by atoms with van der Waals surface area (Å²) in [6, 6.07) is 11.3. The molecule has 6 nitrogen and oxygen atoms in total. The standard InChI is InChI=1S/C19H22Cl2N2O4S/c1-3-23(13-19(24)22-15-5-4-6-16(12-15)27-2)9-10-28(25,26)18-11-14(20)7-8-17(18)21/h4-8,11-12H,3,9-10,13H2,1-2H3,(H,22,24). The van der Waals surface area contributed by atoms with Gasteiger partial charge < -0.3 is 10.1 Å². The zero-order valence-corrected chi connectivity index (χ0v) is 17.9. The number of rotatable bonds is 9. The van der Waals surface area contributed by atoms with Crippen LogP contribution in [0.15, 0.2) is 47.4 Å². The minimum absolute atomic E-state index is 0.00134. The fourth-order valence-electron chi connectivity index (χ4n) is 2.53. The molecule has 0 aromatic heterocycles. The van der Waals surface area contributed by atoms with Gasteiger partial charge >= 0.3 is 0 Å². The Kier molecular flexibility index (Phi) is 8.12. The first-order valence-electron chi connectivity index (χ1n) is 8.59. The molecule has 0 atom stereocenters. The molecular formula is C19H22Cl2N2O4S. The summed E-state index contributed by atoms with van der Waals surface area (Å²) < 4.78 is 30.3. The van der Waals surface area contributed by atoms with E-state index in [2.05, 4.69) is 5.32 Å². The number of ether oxygens (including phenoxy) is 1. The number of carbonyl (C=O) groups is 1. The van der Waals surface area contributed by atoms with Gasteiger partial charge in [0.05, 0.1) is 29.3 Å². The lowest BCUT2D eigenvalue weighted by molar-refractivity contribution is -0.117. The van der Waals surface area contributed by atoms with Crippen LogP contribution < -0.4 is 10.1 Å². The molecule has 2 rings (SSSR count). The van der Waals surface area contributed by atoms with Crippen molar-refractivity contribution in [3.05, 3.63) is 52.5 Å². The molecule has 0 fully saturated rings. The molecule has 28 heavy (non-hydrogen) atoms. The smallest absolute Gasteiger partial charge is 0.238 e. The Morgan fingerprint density at radius 1 is 1.18 bits per heavy atom. The number of amides is 1. The molecule has 0 saturated carbocycles. The Hall–Kier alpha value is -1.80. The van der Waals surface area contributed by atoms with E-state index in [1.165, 1.54) is 18.2 Å². The number of anilines is 1. The molecule has 0 bridgehead atoms. The van der Waals surface area contributed by atoms with Crippen molar-refractivity contribution in [1.29, 1.82) is 0 Å². The minimum Gasteiger partial charge on any atom is -0.497 e. The molecule has 0 aliphatic heterocycles. The summed E-state index contributed by atoms with van der Waals surface area (Å²) >= 11 is 11.9. The zero-order chi connectivity index (χ0) is 20.7. The summed E-state index contributed by atoms with van der Waals surface area (Å²) in [6.07, 6.45) is 0. The molecule has 1 N–H and O–H groups in total. The van der Waals surface area contributed by atoms with E-state index in [-0.39, 0.29) is 34.7 Å². The van der Waals surface area contributed by atoms with Crippen molar-refractivity contribution in [2.45, 2.75) is 11.8 Å². The third-order valence-electron chi connectivity index (χ3n) is 4.07. The van der Waals surface area contributed by atoms with Crippen LogP contribution in [-0.4, -0.2) is 51.7 Å². The molecule has 0 aliphatic rings. The Bertz CT molecular complexity index is 935. The summed E-state index contributed by atoms with van der Waals surface area (Å²) in [5, 5.41) is 3.21. The first-order chi connectivity index (χ1) is 13.2. The van der Waals surface area contributed by atoms with Gasteiger partial charge in [0.1, 0.15) is 5.75 Å². The van der Waals surface area contributed by atoms with Crippen molar-refractivity contribution in [3.8, 4) is 5.75 Å². The van der Waals surface area contributed by atoms with E-state index in [4.69, 9.17) is 27.9 Å². The molecule has 0 radical (unpaired) electrons. The van der Waals surface area contributed by atoms with E-state index in [0.717, 1.165) is 0 Å². The van der Waals surface area contributed by atoms with Crippen molar-refractivity contribution >= 4 is 44.6 Å². The maximum Gasteiger partial charge on any atom is 0.238 e. The van der Waals surface area contributed by atoms with Crippen LogP contribution in [0.5, 0.6) is 5.75 Å². The third kappa shape index (κ3) is 6.38. The average Bonchev–Trinajstić information content (AvgIpc) is 2.67. The molecule has 2 aromatic rings. The van der Waals surface area contributed by atoms with Crippen molar-refractivity contribution in [3.63, 3.8) is 0 Å². The van der Waals surface area contributed by atoms with Gasteiger partial charge in [-0.1, -0.05) is 36.2 Å². The molecule has 0 heterocycles. The van der Waals surface area contributed by atoms with Crippen LogP contribution in [0.1, 0.15) is 6.92 Å². The molecule has 0 aliphatic carbocycles. The van der Waals surface area contributed by atoms with E-state index < -0.39 is 9.84 Å². The molecule has 2 aromatic carbocycles. The van der Waals surface area contributed by atoms with E-state index in [9.17, 15) is 13.2 Å². The predicted octanol–water partition coefficient (Wildman–Crippen LogP) is 3.74. The minimum atomic E-state index is -3.63. The van der Waals surface area contributed by atoms with Gasteiger partial charge in [0.15, 0.2) is 9.84 Å². The van der Waals surface area contributed by atoms with Crippen molar-refractivity contribution in [2.75, 3.05) is 37.8 Å². The van der Waals surface area contributed by atoms with Gasteiger partial charge in [-0.25, -0.2) is 8.42 Å². The Morgan fingerprint density at radius 2 is 1.93 bits per heavy atom. The van der Waals surface area contributed by atoms with Gasteiger partial charge in [-0.3, -0.25) is 9.69 Å². The van der Waals surface area contributed by atoms with E-state index in [1.54, 1.807) is 36.3 Å². The highest BCUT2D eigenvalue weighted by Gasteiger charge is 2.20. The largest absolute Gasteiger partial charge is 0.497 e. The van der Waals surface area contributed by atoms with Crippen molar-refractivity contribution in [1.82, 2.24) is 4.90 Å². The summed E-state index contributed by atoms with van der Waals surface area (Å²) in [7, 11) is -2.08. The first kappa shape index (κ1) is 22.5. The number of hydrogen-bond donors (Lipinski definition) is 1. The first-order valence-corrected chi connectivity index (χ1v) is 11.0. The van der Waals surface area contributed by atoms with Crippen LogP contribution in [0.25, 0.3) is 0 Å².